The Hall–Kier alpha value is -2.28. The van der Waals surface area contributed by atoms with E-state index in [-0.39, 0.29) is 29.4 Å². The third kappa shape index (κ3) is 3.73. The maximum absolute atomic E-state index is 15.5. The highest BCUT2D eigenvalue weighted by Crippen LogP contribution is 2.62. The zero-order valence-electron chi connectivity index (χ0n) is 20.6. The van der Waals surface area contributed by atoms with Crippen molar-refractivity contribution in [1.82, 2.24) is 15.5 Å². The number of urea groups is 1. The van der Waals surface area contributed by atoms with Crippen LogP contribution in [0, 0.1) is 29.1 Å². The number of nitrogens with two attached hydrogens (primary N) is 1. The molecule has 5 N–H and O–H groups in total. The SMILES string of the molecule is C=CN1/C(=C\N)C2=C(C(F)C(C)C=C2)C1CC(O)C12CC3CC(C1)C(NC(=O)NC1CC1)C(C3)C2. The zero-order chi connectivity index (χ0) is 24.5. The molecule has 0 aromatic rings. The molecule has 6 nitrogen and oxygen atoms in total. The van der Waals surface area contributed by atoms with Gasteiger partial charge in [0, 0.05) is 29.8 Å². The molecule has 0 aromatic heterocycles. The van der Waals surface area contributed by atoms with Gasteiger partial charge in [-0.1, -0.05) is 25.7 Å². The molecule has 6 unspecified atom stereocenters. The molecule has 7 aliphatic rings. The average molecular weight is 483 g/mol. The molecule has 0 aromatic carbocycles. The van der Waals surface area contributed by atoms with Gasteiger partial charge in [-0.3, -0.25) is 0 Å². The Kier molecular flexibility index (Phi) is 5.55. The van der Waals surface area contributed by atoms with Crippen molar-refractivity contribution in [3.8, 4) is 0 Å². The molecule has 1 aliphatic heterocycles. The van der Waals surface area contributed by atoms with Gasteiger partial charge in [-0.25, -0.2) is 9.18 Å². The molecule has 190 valence electrons. The zero-order valence-corrected chi connectivity index (χ0v) is 20.6. The third-order valence-electron chi connectivity index (χ3n) is 9.92. The van der Waals surface area contributed by atoms with Crippen molar-refractivity contribution in [3.05, 3.63) is 48.0 Å². The third-order valence-corrected chi connectivity index (χ3v) is 9.92. The highest BCUT2D eigenvalue weighted by molar-refractivity contribution is 5.75. The number of alkyl halides is 1. The van der Waals surface area contributed by atoms with E-state index in [2.05, 4.69) is 17.2 Å². The van der Waals surface area contributed by atoms with Gasteiger partial charge in [-0.2, -0.15) is 0 Å². The number of hydrogen-bond acceptors (Lipinski definition) is 4. The van der Waals surface area contributed by atoms with E-state index in [0.717, 1.165) is 61.8 Å². The molecule has 7 rings (SSSR count). The van der Waals surface area contributed by atoms with Crippen molar-refractivity contribution in [3.63, 3.8) is 0 Å². The van der Waals surface area contributed by atoms with Crippen molar-refractivity contribution < 1.29 is 14.3 Å². The summed E-state index contributed by atoms with van der Waals surface area (Å²) in [5.41, 5.74) is 8.16. The van der Waals surface area contributed by atoms with Crippen LogP contribution >= 0.6 is 0 Å². The molecule has 5 saturated carbocycles. The van der Waals surface area contributed by atoms with Crippen LogP contribution in [0.3, 0.4) is 0 Å². The molecule has 6 atom stereocenters. The monoisotopic (exact) mass is 482 g/mol. The fraction of sp³-hybridized carbons (Fsp3) is 0.679. The highest BCUT2D eigenvalue weighted by atomic mass is 19.1. The topological polar surface area (TPSA) is 90.6 Å². The summed E-state index contributed by atoms with van der Waals surface area (Å²) in [6.07, 6.45) is 13.3. The number of rotatable bonds is 6. The second kappa shape index (κ2) is 8.39. The molecule has 2 amide bonds. The minimum Gasteiger partial charge on any atom is -0.403 e. The Morgan fingerprint density at radius 3 is 2.66 bits per heavy atom. The molecular weight excluding hydrogens is 443 g/mol. The first-order valence-corrected chi connectivity index (χ1v) is 13.5. The Morgan fingerprint density at radius 2 is 2.03 bits per heavy atom. The van der Waals surface area contributed by atoms with Gasteiger partial charge in [0.05, 0.1) is 17.8 Å². The molecule has 5 fully saturated rings. The summed E-state index contributed by atoms with van der Waals surface area (Å²) < 4.78 is 15.5. The predicted molar refractivity (Wildman–Crippen MR) is 133 cm³/mol. The quantitative estimate of drug-likeness (QED) is 0.463. The van der Waals surface area contributed by atoms with Crippen molar-refractivity contribution in [2.24, 2.45) is 34.8 Å². The predicted octanol–water partition coefficient (Wildman–Crippen LogP) is 3.86. The summed E-state index contributed by atoms with van der Waals surface area (Å²) in [6, 6.07) is 0.243. The lowest BCUT2D eigenvalue weighted by molar-refractivity contribution is -0.136. The standard InChI is InChI=1S/C28H39FN4O2/c1-3-33-21(24-20(22(33)14-30)7-4-15(2)25(24)29)10-23(34)28-11-16-8-17(12-28)26(18(9-16)13-28)32-27(35)31-19-5-6-19/h3-4,7,14-19,21,23,25-26,34H,1,5-6,8-13,30H2,2H3,(H2,31,32,35)/b22-14-. The number of amides is 2. The second-order valence-electron chi connectivity index (χ2n) is 12.1. The molecule has 1 heterocycles. The van der Waals surface area contributed by atoms with Crippen LogP contribution in [0.15, 0.2) is 48.0 Å². The maximum Gasteiger partial charge on any atom is 0.315 e. The summed E-state index contributed by atoms with van der Waals surface area (Å²) in [7, 11) is 0. The minimum atomic E-state index is -1.10. The van der Waals surface area contributed by atoms with Gasteiger partial charge in [0.1, 0.15) is 6.17 Å². The lowest BCUT2D eigenvalue weighted by atomic mass is 9.46. The lowest BCUT2D eigenvalue weighted by Crippen LogP contribution is -2.63. The van der Waals surface area contributed by atoms with E-state index >= 15 is 4.39 Å². The fourth-order valence-corrected chi connectivity index (χ4v) is 8.37. The fourth-order valence-electron chi connectivity index (χ4n) is 8.37. The van der Waals surface area contributed by atoms with E-state index in [1.807, 2.05) is 24.0 Å². The average Bonchev–Trinajstić information content (AvgIpc) is 3.58. The van der Waals surface area contributed by atoms with E-state index < -0.39 is 12.3 Å². The van der Waals surface area contributed by atoms with Crippen LogP contribution < -0.4 is 16.4 Å². The van der Waals surface area contributed by atoms with Gasteiger partial charge in [0.2, 0.25) is 0 Å². The summed E-state index contributed by atoms with van der Waals surface area (Å²) in [4.78, 5) is 14.5. The summed E-state index contributed by atoms with van der Waals surface area (Å²) in [6.45, 7) is 5.88. The largest absolute Gasteiger partial charge is 0.403 e. The molecule has 7 heteroatoms. The van der Waals surface area contributed by atoms with E-state index in [9.17, 15) is 9.90 Å². The number of nitrogens with one attached hydrogen (secondary N) is 2. The first kappa shape index (κ1) is 23.1. The van der Waals surface area contributed by atoms with Crippen LogP contribution in [-0.4, -0.2) is 46.4 Å². The molecule has 0 spiro atoms. The van der Waals surface area contributed by atoms with Gasteiger partial charge in [0.25, 0.3) is 0 Å². The van der Waals surface area contributed by atoms with Gasteiger partial charge in [-0.15, -0.1) is 0 Å². The van der Waals surface area contributed by atoms with Crippen molar-refractivity contribution in [2.45, 2.75) is 88.7 Å². The Labute approximate surface area is 207 Å². The van der Waals surface area contributed by atoms with Crippen LogP contribution in [0.5, 0.6) is 0 Å². The summed E-state index contributed by atoms with van der Waals surface area (Å²) >= 11 is 0. The Balaban J connectivity index is 1.22. The van der Waals surface area contributed by atoms with Gasteiger partial charge in [-0.05, 0) is 86.3 Å². The van der Waals surface area contributed by atoms with E-state index in [1.165, 1.54) is 6.20 Å². The molecule has 0 saturated heterocycles. The lowest BCUT2D eigenvalue weighted by Gasteiger charge is -2.61. The number of hydrogen-bond donors (Lipinski definition) is 4. The molecule has 0 radical (unpaired) electrons. The number of nitrogens with zero attached hydrogens (tertiary/aromatic N) is 1. The molecule has 35 heavy (non-hydrogen) atoms. The van der Waals surface area contributed by atoms with Crippen molar-refractivity contribution in [1.29, 1.82) is 0 Å². The highest BCUT2D eigenvalue weighted by Gasteiger charge is 2.59. The van der Waals surface area contributed by atoms with E-state index in [0.29, 0.717) is 30.2 Å². The van der Waals surface area contributed by atoms with Crippen LogP contribution in [0.1, 0.15) is 58.3 Å². The normalized spacial score (nSPS) is 43.5. The van der Waals surface area contributed by atoms with Crippen LogP contribution in [0.25, 0.3) is 0 Å². The molecule has 4 bridgehead atoms. The van der Waals surface area contributed by atoms with Gasteiger partial charge in [0.15, 0.2) is 0 Å². The second-order valence-corrected chi connectivity index (χ2v) is 12.1. The van der Waals surface area contributed by atoms with E-state index in [4.69, 9.17) is 5.73 Å². The molecule has 6 aliphatic carbocycles. The number of halogens is 1. The smallest absolute Gasteiger partial charge is 0.315 e. The number of aliphatic hydroxyl groups is 1. The number of carbonyl (C=O) groups excluding carboxylic acids is 1. The van der Waals surface area contributed by atoms with Crippen molar-refractivity contribution >= 4 is 6.03 Å². The summed E-state index contributed by atoms with van der Waals surface area (Å²) in [5.74, 6) is 1.21. The number of aliphatic hydroxyl groups excluding tert-OH is 1. The maximum atomic E-state index is 15.5. The number of carbonyl (C=O) groups is 1. The van der Waals surface area contributed by atoms with Gasteiger partial charge >= 0.3 is 6.03 Å². The Morgan fingerprint density at radius 1 is 1.31 bits per heavy atom. The van der Waals surface area contributed by atoms with Crippen LogP contribution in [0.2, 0.25) is 0 Å². The first-order valence-electron chi connectivity index (χ1n) is 13.5. The summed E-state index contributed by atoms with van der Waals surface area (Å²) in [5, 5.41) is 18.2. The first-order chi connectivity index (χ1) is 16.8. The van der Waals surface area contributed by atoms with Crippen LogP contribution in [0.4, 0.5) is 9.18 Å². The van der Waals surface area contributed by atoms with Crippen LogP contribution in [-0.2, 0) is 0 Å². The van der Waals surface area contributed by atoms with Crippen molar-refractivity contribution in [2.75, 3.05) is 0 Å². The molecular formula is C28H39FN4O2. The van der Waals surface area contributed by atoms with E-state index in [1.54, 1.807) is 6.20 Å². The number of allylic oxidation sites excluding steroid dienone is 2. The van der Waals surface area contributed by atoms with Gasteiger partial charge < -0.3 is 26.4 Å². The Bertz CT molecular complexity index is 985. The minimum absolute atomic E-state index is 0.0267.